The number of fused-ring (bicyclic) bond motifs is 1. The molecule has 2 rings (SSSR count). The second-order valence-electron chi connectivity index (χ2n) is 4.56. The fourth-order valence-corrected chi connectivity index (χ4v) is 2.85. The van der Waals surface area contributed by atoms with Gasteiger partial charge in [-0.1, -0.05) is 23.9 Å². The molecule has 1 aromatic carbocycles. The summed E-state index contributed by atoms with van der Waals surface area (Å²) in [5.74, 6) is -1.11. The lowest BCUT2D eigenvalue weighted by molar-refractivity contribution is -0.133. The Labute approximate surface area is 126 Å². The summed E-state index contributed by atoms with van der Waals surface area (Å²) in [4.78, 5) is 27.1. The van der Waals surface area contributed by atoms with Crippen molar-refractivity contribution >= 4 is 34.7 Å². The van der Waals surface area contributed by atoms with E-state index in [1.165, 1.54) is 0 Å². The van der Waals surface area contributed by atoms with Gasteiger partial charge in [0.1, 0.15) is 6.54 Å². The van der Waals surface area contributed by atoms with Gasteiger partial charge in [0.2, 0.25) is 5.91 Å². The lowest BCUT2D eigenvalue weighted by Crippen LogP contribution is -2.27. The van der Waals surface area contributed by atoms with Gasteiger partial charge in [0.15, 0.2) is 5.16 Å². The van der Waals surface area contributed by atoms with Crippen LogP contribution in [0.4, 0.5) is 0 Å². The number of nitrogens with zero attached hydrogens (tertiary/aromatic N) is 2. The Balaban J connectivity index is 2.43. The molecule has 112 valence electrons. The number of benzene rings is 1. The highest BCUT2D eigenvalue weighted by Gasteiger charge is 2.16. The van der Waals surface area contributed by atoms with Crippen molar-refractivity contribution in [3.05, 3.63) is 23.8 Å². The van der Waals surface area contributed by atoms with Gasteiger partial charge >= 0.3 is 5.97 Å². The third-order valence-corrected chi connectivity index (χ3v) is 3.89. The number of thioether (sulfide) groups is 1. The number of carbonyl (C=O) groups excluding carboxylic acids is 1. The first-order valence-corrected chi connectivity index (χ1v) is 7.58. The smallest absolute Gasteiger partial charge is 0.313 e. The van der Waals surface area contributed by atoms with Crippen LogP contribution in [-0.4, -0.2) is 38.8 Å². The van der Waals surface area contributed by atoms with Crippen LogP contribution in [-0.2, 0) is 16.1 Å². The second-order valence-corrected chi connectivity index (χ2v) is 5.50. The largest absolute Gasteiger partial charge is 0.481 e. The molecule has 0 aliphatic carbocycles. The maximum absolute atomic E-state index is 11.9. The predicted octanol–water partition coefficient (Wildman–Crippen LogP) is 1.66. The number of hydrogen-bond donors (Lipinski definition) is 2. The lowest BCUT2D eigenvalue weighted by Gasteiger charge is -2.09. The number of hydrogen-bond acceptors (Lipinski definition) is 4. The van der Waals surface area contributed by atoms with E-state index >= 15 is 0 Å². The summed E-state index contributed by atoms with van der Waals surface area (Å²) in [5.41, 5.74) is 2.65. The molecular formula is C14H17N3O3S. The number of aliphatic carboxylic acids is 1. The molecule has 0 aliphatic rings. The highest BCUT2D eigenvalue weighted by atomic mass is 32.2. The summed E-state index contributed by atoms with van der Waals surface area (Å²) in [6, 6.07) is 5.71. The van der Waals surface area contributed by atoms with E-state index < -0.39 is 5.97 Å². The monoisotopic (exact) mass is 307 g/mol. The normalized spacial score (nSPS) is 10.8. The minimum Gasteiger partial charge on any atom is -0.481 e. The van der Waals surface area contributed by atoms with Crippen LogP contribution in [0.25, 0.3) is 11.0 Å². The molecule has 2 N–H and O–H groups in total. The number of para-hydroxylation sites is 1. The number of aryl methyl sites for hydroxylation is 1. The molecule has 0 saturated carbocycles. The van der Waals surface area contributed by atoms with Gasteiger partial charge in [-0.05, 0) is 25.5 Å². The molecule has 0 saturated heterocycles. The zero-order valence-corrected chi connectivity index (χ0v) is 12.7. The number of amides is 1. The summed E-state index contributed by atoms with van der Waals surface area (Å²) >= 11 is 1.12. The van der Waals surface area contributed by atoms with E-state index in [1.54, 1.807) is 4.57 Å². The van der Waals surface area contributed by atoms with Crippen LogP contribution in [0.2, 0.25) is 0 Å². The topological polar surface area (TPSA) is 84.2 Å². The first kappa shape index (κ1) is 15.4. The van der Waals surface area contributed by atoms with Crippen LogP contribution in [0, 0.1) is 6.92 Å². The fraction of sp³-hybridized carbons (Fsp3) is 0.357. The summed E-state index contributed by atoms with van der Waals surface area (Å²) in [6.45, 7) is 4.50. The van der Waals surface area contributed by atoms with Gasteiger partial charge < -0.3 is 15.0 Å². The Morgan fingerprint density at radius 2 is 2.19 bits per heavy atom. The Morgan fingerprint density at radius 3 is 2.86 bits per heavy atom. The molecular weight excluding hydrogens is 290 g/mol. The molecule has 0 fully saturated rings. The molecule has 2 aromatic rings. The maximum atomic E-state index is 11.9. The molecule has 0 unspecified atom stereocenters. The second kappa shape index (κ2) is 6.62. The van der Waals surface area contributed by atoms with Crippen molar-refractivity contribution in [1.82, 2.24) is 14.9 Å². The molecule has 21 heavy (non-hydrogen) atoms. The number of carbonyl (C=O) groups is 2. The first-order valence-electron chi connectivity index (χ1n) is 6.60. The SMILES string of the molecule is CCNC(=O)Cn1c(SCC(=O)O)nc2cccc(C)c21. The Kier molecular flexibility index (Phi) is 4.85. The van der Waals surface area contributed by atoms with Crippen molar-refractivity contribution in [3.63, 3.8) is 0 Å². The summed E-state index contributed by atoms with van der Waals surface area (Å²) in [5, 5.41) is 12.1. The third-order valence-electron chi connectivity index (χ3n) is 2.93. The van der Waals surface area contributed by atoms with Crippen molar-refractivity contribution in [2.75, 3.05) is 12.3 Å². The molecule has 0 spiro atoms. The van der Waals surface area contributed by atoms with E-state index in [4.69, 9.17) is 5.11 Å². The minimum absolute atomic E-state index is 0.0855. The van der Waals surface area contributed by atoms with Crippen molar-refractivity contribution < 1.29 is 14.7 Å². The first-order chi connectivity index (χ1) is 10.0. The van der Waals surface area contributed by atoms with Gasteiger partial charge in [-0.2, -0.15) is 0 Å². The summed E-state index contributed by atoms with van der Waals surface area (Å²) in [7, 11) is 0. The lowest BCUT2D eigenvalue weighted by atomic mass is 10.2. The zero-order valence-electron chi connectivity index (χ0n) is 11.9. The molecule has 0 atom stereocenters. The molecule has 7 heteroatoms. The van der Waals surface area contributed by atoms with E-state index in [0.29, 0.717) is 11.7 Å². The van der Waals surface area contributed by atoms with E-state index in [0.717, 1.165) is 28.4 Å². The van der Waals surface area contributed by atoms with Crippen LogP contribution in [0.15, 0.2) is 23.4 Å². The number of rotatable bonds is 6. The van der Waals surface area contributed by atoms with E-state index in [2.05, 4.69) is 10.3 Å². The quantitative estimate of drug-likeness (QED) is 0.793. The van der Waals surface area contributed by atoms with Gasteiger partial charge in [0, 0.05) is 6.54 Å². The van der Waals surface area contributed by atoms with Crippen molar-refractivity contribution in [3.8, 4) is 0 Å². The van der Waals surface area contributed by atoms with Crippen molar-refractivity contribution in [2.45, 2.75) is 25.5 Å². The van der Waals surface area contributed by atoms with Gasteiger partial charge in [-0.25, -0.2) is 4.98 Å². The fourth-order valence-electron chi connectivity index (χ4n) is 2.12. The molecule has 1 heterocycles. The summed E-state index contributed by atoms with van der Waals surface area (Å²) < 4.78 is 1.78. The maximum Gasteiger partial charge on any atom is 0.313 e. The highest BCUT2D eigenvalue weighted by molar-refractivity contribution is 7.99. The molecule has 6 nitrogen and oxygen atoms in total. The van der Waals surface area contributed by atoms with Crippen LogP contribution in [0.3, 0.4) is 0 Å². The molecule has 0 radical (unpaired) electrons. The van der Waals surface area contributed by atoms with Crippen molar-refractivity contribution in [1.29, 1.82) is 0 Å². The van der Waals surface area contributed by atoms with Crippen LogP contribution < -0.4 is 5.32 Å². The van der Waals surface area contributed by atoms with Crippen LogP contribution in [0.1, 0.15) is 12.5 Å². The average Bonchev–Trinajstić information content (AvgIpc) is 2.76. The number of nitrogens with one attached hydrogen (secondary N) is 1. The molecule has 1 aromatic heterocycles. The number of likely N-dealkylation sites (N-methyl/N-ethyl adjacent to an activating group) is 1. The van der Waals surface area contributed by atoms with Gasteiger partial charge in [-0.15, -0.1) is 0 Å². The minimum atomic E-state index is -0.909. The van der Waals surface area contributed by atoms with Crippen LogP contribution >= 0.6 is 11.8 Å². The van der Waals surface area contributed by atoms with E-state index in [1.807, 2.05) is 32.0 Å². The van der Waals surface area contributed by atoms with Gasteiger partial charge in [0.05, 0.1) is 16.8 Å². The van der Waals surface area contributed by atoms with E-state index in [9.17, 15) is 9.59 Å². The standard InChI is InChI=1S/C14H17N3O3S/c1-3-15-11(18)7-17-13-9(2)5-4-6-10(13)16-14(17)21-8-12(19)20/h4-6H,3,7-8H2,1-2H3,(H,15,18)(H,19,20). The highest BCUT2D eigenvalue weighted by Crippen LogP contribution is 2.26. The van der Waals surface area contributed by atoms with Crippen LogP contribution in [0.5, 0.6) is 0 Å². The number of imidazole rings is 1. The van der Waals surface area contributed by atoms with Gasteiger partial charge in [-0.3, -0.25) is 9.59 Å². The predicted molar refractivity (Wildman–Crippen MR) is 81.5 cm³/mol. The number of carboxylic acid groups (broad SMARTS) is 1. The number of carboxylic acids is 1. The summed E-state index contributed by atoms with van der Waals surface area (Å²) in [6.07, 6.45) is 0. The van der Waals surface area contributed by atoms with E-state index in [-0.39, 0.29) is 18.2 Å². The third kappa shape index (κ3) is 3.55. The molecule has 1 amide bonds. The Bertz CT molecular complexity index is 681. The number of aromatic nitrogens is 2. The Hall–Kier alpha value is -2.02. The molecule has 0 bridgehead atoms. The zero-order chi connectivity index (χ0) is 15.4. The van der Waals surface area contributed by atoms with Gasteiger partial charge in [0.25, 0.3) is 0 Å². The average molecular weight is 307 g/mol. The Morgan fingerprint density at radius 1 is 1.43 bits per heavy atom. The molecule has 0 aliphatic heterocycles. The van der Waals surface area contributed by atoms with Crippen molar-refractivity contribution in [2.24, 2.45) is 0 Å².